The summed E-state index contributed by atoms with van der Waals surface area (Å²) in [4.78, 5) is 14.9. The number of ether oxygens (including phenoxy) is 1. The highest BCUT2D eigenvalue weighted by Gasteiger charge is 2.23. The molecule has 22 heavy (non-hydrogen) atoms. The van der Waals surface area contributed by atoms with Crippen molar-refractivity contribution in [1.29, 1.82) is 0 Å². The summed E-state index contributed by atoms with van der Waals surface area (Å²) in [6, 6.07) is 1.93. The molecule has 3 N–H and O–H groups in total. The predicted octanol–water partition coefficient (Wildman–Crippen LogP) is 2.99. The third-order valence-electron chi connectivity index (χ3n) is 3.37. The Hall–Kier alpha value is -1.53. The van der Waals surface area contributed by atoms with Crippen LogP contribution >= 0.6 is 11.3 Å². The van der Waals surface area contributed by atoms with Crippen molar-refractivity contribution >= 4 is 23.1 Å². The molecule has 0 unspecified atom stereocenters. The first-order chi connectivity index (χ1) is 10.3. The zero-order valence-electron chi connectivity index (χ0n) is 13.5. The topological polar surface area (TPSA) is 67.6 Å². The van der Waals surface area contributed by atoms with Crippen molar-refractivity contribution in [3.05, 3.63) is 28.0 Å². The van der Waals surface area contributed by atoms with Gasteiger partial charge >= 0.3 is 6.09 Å². The minimum Gasteiger partial charge on any atom is -0.444 e. The zero-order chi connectivity index (χ0) is 16.2. The van der Waals surface area contributed by atoms with E-state index in [2.05, 4.69) is 11.4 Å². The molecule has 1 aromatic rings. The van der Waals surface area contributed by atoms with E-state index in [4.69, 9.17) is 10.5 Å². The molecule has 5 nitrogen and oxygen atoms in total. The molecule has 0 fully saturated rings. The van der Waals surface area contributed by atoms with Gasteiger partial charge in [-0.2, -0.15) is 0 Å². The number of anilines is 1. The highest BCUT2D eigenvalue weighted by Crippen LogP contribution is 2.19. The normalized spacial score (nSPS) is 15.6. The fourth-order valence-electron chi connectivity index (χ4n) is 2.19. The highest BCUT2D eigenvalue weighted by atomic mass is 32.1. The lowest BCUT2D eigenvalue weighted by molar-refractivity contribution is 0.0265. The van der Waals surface area contributed by atoms with Crippen LogP contribution in [0.3, 0.4) is 0 Å². The Balaban J connectivity index is 1.75. The van der Waals surface area contributed by atoms with E-state index in [1.54, 1.807) is 16.2 Å². The van der Waals surface area contributed by atoms with Gasteiger partial charge in [0.1, 0.15) is 5.60 Å². The van der Waals surface area contributed by atoms with Crippen molar-refractivity contribution in [1.82, 2.24) is 10.2 Å². The standard InChI is InChI=1S/C16H25N3O2S/c1-16(2,3)21-15(20)19-7-4-12(5-8-19)10-18-11-14-13(17)6-9-22-14/h4,6,9,18H,5,7-8,10-11,17H2,1-3H3. The number of rotatable bonds is 4. The van der Waals surface area contributed by atoms with Crippen LogP contribution in [0.2, 0.25) is 0 Å². The smallest absolute Gasteiger partial charge is 0.410 e. The number of hydrogen-bond acceptors (Lipinski definition) is 5. The Kier molecular flexibility index (Phi) is 5.47. The molecule has 0 atom stereocenters. The number of hydrogen-bond donors (Lipinski definition) is 2. The summed E-state index contributed by atoms with van der Waals surface area (Å²) in [5.74, 6) is 0. The lowest BCUT2D eigenvalue weighted by Crippen LogP contribution is -2.39. The highest BCUT2D eigenvalue weighted by molar-refractivity contribution is 7.10. The van der Waals surface area contributed by atoms with Gasteiger partial charge in [0.2, 0.25) is 0 Å². The second-order valence-corrected chi connectivity index (χ2v) is 7.44. The Bertz CT molecular complexity index is 546. The van der Waals surface area contributed by atoms with E-state index >= 15 is 0 Å². The predicted molar refractivity (Wildman–Crippen MR) is 90.9 cm³/mol. The van der Waals surface area contributed by atoms with Crippen molar-refractivity contribution in [2.45, 2.75) is 39.3 Å². The maximum Gasteiger partial charge on any atom is 0.410 e. The quantitative estimate of drug-likeness (QED) is 0.836. The summed E-state index contributed by atoms with van der Waals surface area (Å²) >= 11 is 1.67. The molecule has 2 heterocycles. The fourth-order valence-corrected chi connectivity index (χ4v) is 2.96. The molecule has 1 aromatic heterocycles. The molecule has 1 amide bonds. The van der Waals surface area contributed by atoms with E-state index in [9.17, 15) is 4.79 Å². The van der Waals surface area contributed by atoms with Crippen LogP contribution in [-0.4, -0.2) is 36.2 Å². The molecule has 1 aliphatic rings. The van der Waals surface area contributed by atoms with Gasteiger partial charge in [-0.1, -0.05) is 11.6 Å². The second-order valence-electron chi connectivity index (χ2n) is 6.44. The van der Waals surface area contributed by atoms with Crippen LogP contribution in [0.25, 0.3) is 0 Å². The van der Waals surface area contributed by atoms with E-state index in [0.29, 0.717) is 13.1 Å². The molecule has 6 heteroatoms. The van der Waals surface area contributed by atoms with Gasteiger partial charge in [0.15, 0.2) is 0 Å². The monoisotopic (exact) mass is 323 g/mol. The molecular weight excluding hydrogens is 298 g/mol. The number of carbonyl (C=O) groups is 1. The molecule has 0 aromatic carbocycles. The molecule has 0 bridgehead atoms. The van der Waals surface area contributed by atoms with Crippen molar-refractivity contribution in [2.75, 3.05) is 25.4 Å². The van der Waals surface area contributed by atoms with Crippen LogP contribution < -0.4 is 11.1 Å². The van der Waals surface area contributed by atoms with Gasteiger partial charge in [0, 0.05) is 36.7 Å². The van der Waals surface area contributed by atoms with E-state index in [-0.39, 0.29) is 6.09 Å². The lowest BCUT2D eigenvalue weighted by atomic mass is 10.1. The van der Waals surface area contributed by atoms with Crippen molar-refractivity contribution in [2.24, 2.45) is 0 Å². The van der Waals surface area contributed by atoms with Crippen LogP contribution in [0.5, 0.6) is 0 Å². The number of amides is 1. The second kappa shape index (κ2) is 7.15. The molecule has 0 saturated heterocycles. The third-order valence-corrected chi connectivity index (χ3v) is 4.31. The van der Waals surface area contributed by atoms with Crippen molar-refractivity contribution in [3.63, 3.8) is 0 Å². The van der Waals surface area contributed by atoms with Crippen LogP contribution in [-0.2, 0) is 11.3 Å². The van der Waals surface area contributed by atoms with Gasteiger partial charge in [-0.3, -0.25) is 0 Å². The number of nitrogen functional groups attached to an aromatic ring is 1. The van der Waals surface area contributed by atoms with E-state index < -0.39 is 5.60 Å². The third kappa shape index (κ3) is 5.03. The summed E-state index contributed by atoms with van der Waals surface area (Å²) in [5, 5.41) is 5.41. The number of nitrogens with two attached hydrogens (primary N) is 1. The summed E-state index contributed by atoms with van der Waals surface area (Å²) in [6.45, 7) is 8.61. The minimum absolute atomic E-state index is 0.234. The summed E-state index contributed by atoms with van der Waals surface area (Å²) in [6.07, 6.45) is 2.76. The SMILES string of the molecule is CC(C)(C)OC(=O)N1CC=C(CNCc2sccc2N)CC1. The van der Waals surface area contributed by atoms with Gasteiger partial charge in [0.25, 0.3) is 0 Å². The molecule has 122 valence electrons. The van der Waals surface area contributed by atoms with E-state index in [1.165, 1.54) is 10.5 Å². The maximum atomic E-state index is 12.0. The summed E-state index contributed by atoms with van der Waals surface area (Å²) in [5.41, 5.74) is 7.60. The zero-order valence-corrected chi connectivity index (χ0v) is 14.3. The average Bonchev–Trinajstić information content (AvgIpc) is 2.83. The minimum atomic E-state index is -0.441. The molecule has 0 saturated carbocycles. The molecule has 0 spiro atoms. The number of nitrogens with one attached hydrogen (secondary N) is 1. The van der Waals surface area contributed by atoms with Gasteiger partial charge in [-0.15, -0.1) is 11.3 Å². The van der Waals surface area contributed by atoms with Crippen LogP contribution in [0, 0.1) is 0 Å². The van der Waals surface area contributed by atoms with Crippen molar-refractivity contribution < 1.29 is 9.53 Å². The van der Waals surface area contributed by atoms with Crippen LogP contribution in [0.15, 0.2) is 23.1 Å². The number of thiophene rings is 1. The molecule has 0 radical (unpaired) electrons. The lowest BCUT2D eigenvalue weighted by Gasteiger charge is -2.29. The van der Waals surface area contributed by atoms with Gasteiger partial charge in [0.05, 0.1) is 0 Å². The Morgan fingerprint density at radius 1 is 1.45 bits per heavy atom. The first-order valence-corrected chi connectivity index (χ1v) is 8.41. The van der Waals surface area contributed by atoms with Gasteiger partial charge in [-0.25, -0.2) is 4.79 Å². The fraction of sp³-hybridized carbons (Fsp3) is 0.562. The molecular formula is C16H25N3O2S. The molecule has 0 aliphatic carbocycles. The first kappa shape index (κ1) is 16.8. The number of nitrogens with zero attached hydrogens (tertiary/aromatic N) is 1. The maximum absolute atomic E-state index is 12.0. The van der Waals surface area contributed by atoms with Gasteiger partial charge < -0.3 is 20.7 Å². The Labute approximate surface area is 136 Å². The van der Waals surface area contributed by atoms with E-state index in [1.807, 2.05) is 32.2 Å². The van der Waals surface area contributed by atoms with Crippen molar-refractivity contribution in [3.8, 4) is 0 Å². The average molecular weight is 323 g/mol. The van der Waals surface area contributed by atoms with Crippen LogP contribution in [0.1, 0.15) is 32.1 Å². The summed E-state index contributed by atoms with van der Waals surface area (Å²) < 4.78 is 5.39. The Morgan fingerprint density at radius 3 is 2.77 bits per heavy atom. The van der Waals surface area contributed by atoms with E-state index in [0.717, 1.165) is 25.2 Å². The summed E-state index contributed by atoms with van der Waals surface area (Å²) in [7, 11) is 0. The molecule has 2 rings (SSSR count). The molecule has 1 aliphatic heterocycles. The Morgan fingerprint density at radius 2 is 2.23 bits per heavy atom. The largest absolute Gasteiger partial charge is 0.444 e. The van der Waals surface area contributed by atoms with Gasteiger partial charge in [-0.05, 0) is 38.6 Å². The number of carbonyl (C=O) groups excluding carboxylic acids is 1. The first-order valence-electron chi connectivity index (χ1n) is 7.53. The van der Waals surface area contributed by atoms with Crippen LogP contribution in [0.4, 0.5) is 10.5 Å².